The number of aliphatic hydroxyl groups excluding tert-OH is 1. The molecule has 5 aromatic rings. The summed E-state index contributed by atoms with van der Waals surface area (Å²) in [6.07, 6.45) is -4.66. The third kappa shape index (κ3) is 16.2. The summed E-state index contributed by atoms with van der Waals surface area (Å²) >= 11 is 1.54. The molecular weight excluding hydrogens is 1140 g/mol. The van der Waals surface area contributed by atoms with Gasteiger partial charge in [-0.05, 0) is 133 Å². The molecule has 3 aliphatic rings. The molecule has 1 aromatic heterocycles. The highest BCUT2D eigenvalue weighted by Gasteiger charge is 2.55. The first-order valence-electron chi connectivity index (χ1n) is 28.5. The van der Waals surface area contributed by atoms with Gasteiger partial charge in [0.2, 0.25) is 33.7 Å². The molecule has 2 fully saturated rings. The van der Waals surface area contributed by atoms with Crippen molar-refractivity contribution in [3.05, 3.63) is 125 Å². The number of anilines is 2. The minimum atomic E-state index is -4.95. The Labute approximate surface area is 496 Å². The van der Waals surface area contributed by atoms with Crippen molar-refractivity contribution in [3.63, 3.8) is 0 Å². The Balaban J connectivity index is 0.863. The van der Waals surface area contributed by atoms with Crippen LogP contribution in [0.5, 0.6) is 11.5 Å². The minimum Gasteiger partial charge on any atom is -0.508 e. The minimum absolute atomic E-state index is 0.00232. The maximum Gasteiger partial charge on any atom is 0.407 e. The standard InChI is InChI=1S/C62H73F3N6O12S2/c1-37(39-15-17-42(18-16-39)57-38(2)66-36-84-57)67-59(78)48-32-46(73)34-70(48)60(79)58(61(3,4)5)69-52(75)13-10-11-31-82-47-29-25-44(26-30-47)71(35-62(63,64)65)85(80,81)50-33-49-54(40-21-27-45(72)28-22-40)55(56(50)83-49)41-19-23-43(24-20-41)68-51(74)12-8-6-7-9-14-53(76)77/h15-30,36-37,46,48-50,56,58,72-73H,6-14,31-35H2,1-5H3,(H,67,78)(H,68,74)(H,69,75)(H,76,77)/t37-,46-,48+,49-,50?,56+,58-/m1/s1. The van der Waals surface area contributed by atoms with Gasteiger partial charge in [0.1, 0.15) is 41.5 Å². The number of carbonyl (C=O) groups is 5. The average molecular weight is 1220 g/mol. The lowest BCUT2D eigenvalue weighted by atomic mass is 9.83. The average Bonchev–Trinajstić information content (AvgIpc) is 2.30. The van der Waals surface area contributed by atoms with E-state index >= 15 is 0 Å². The van der Waals surface area contributed by atoms with E-state index < -0.39 is 93.5 Å². The fraction of sp³-hybridized carbons (Fsp3) is 0.452. The van der Waals surface area contributed by atoms with Crippen LogP contribution in [0.15, 0.2) is 103 Å². The zero-order valence-corrected chi connectivity index (χ0v) is 49.7. The molecule has 3 aliphatic heterocycles. The van der Waals surface area contributed by atoms with Gasteiger partial charge in [-0.2, -0.15) is 13.2 Å². The van der Waals surface area contributed by atoms with Crippen LogP contribution in [0.25, 0.3) is 21.6 Å². The molecule has 0 saturated carbocycles. The van der Waals surface area contributed by atoms with Crippen molar-refractivity contribution in [1.82, 2.24) is 20.5 Å². The number of phenolic OH excluding ortho intramolecular Hbond substituents is 1. The Bertz CT molecular complexity index is 3320. The van der Waals surface area contributed by atoms with E-state index in [2.05, 4.69) is 20.9 Å². The first-order valence-corrected chi connectivity index (χ1v) is 30.9. The first kappa shape index (κ1) is 63.7. The van der Waals surface area contributed by atoms with Gasteiger partial charge in [-0.15, -0.1) is 11.3 Å². The normalized spacial score (nSPS) is 19.4. The van der Waals surface area contributed by atoms with Crippen molar-refractivity contribution in [2.45, 2.75) is 153 Å². The third-order valence-electron chi connectivity index (χ3n) is 15.5. The Morgan fingerprint density at radius 3 is 2.04 bits per heavy atom. The topological polar surface area (TPSA) is 254 Å². The summed E-state index contributed by atoms with van der Waals surface area (Å²) in [6, 6.07) is 23.4. The Morgan fingerprint density at radius 1 is 0.800 bits per heavy atom. The van der Waals surface area contributed by atoms with Crippen LogP contribution in [-0.2, 0) is 38.7 Å². The molecule has 2 saturated heterocycles. The number of carboxylic acid groups (broad SMARTS) is 1. The number of fused-ring (bicyclic) bond motifs is 2. The fourth-order valence-electron chi connectivity index (χ4n) is 11.1. The van der Waals surface area contributed by atoms with Gasteiger partial charge in [-0.1, -0.05) is 82.1 Å². The zero-order valence-electron chi connectivity index (χ0n) is 48.1. The number of hydrogen-bond donors (Lipinski definition) is 6. The maximum absolute atomic E-state index is 14.7. The Morgan fingerprint density at radius 2 is 1.41 bits per heavy atom. The van der Waals surface area contributed by atoms with Crippen molar-refractivity contribution >= 4 is 73.5 Å². The molecule has 4 heterocycles. The summed E-state index contributed by atoms with van der Waals surface area (Å²) in [6.45, 7) is 7.32. The number of carbonyl (C=O) groups excluding carboxylic acids is 4. The lowest BCUT2D eigenvalue weighted by Crippen LogP contribution is -2.57. The number of amides is 4. The molecule has 7 atom stereocenters. The fourth-order valence-corrected chi connectivity index (χ4v) is 13.9. The van der Waals surface area contributed by atoms with Crippen molar-refractivity contribution in [2.75, 3.05) is 29.3 Å². The molecule has 4 aromatic carbocycles. The number of halogens is 3. The van der Waals surface area contributed by atoms with Gasteiger partial charge in [0, 0.05) is 37.9 Å². The number of aryl methyl sites for hydroxylation is 1. The van der Waals surface area contributed by atoms with Gasteiger partial charge in [-0.3, -0.25) is 28.3 Å². The summed E-state index contributed by atoms with van der Waals surface area (Å²) in [5, 5.41) is 36.9. The second-order valence-corrected chi connectivity index (χ2v) is 25.9. The number of sulfonamides is 1. The van der Waals surface area contributed by atoms with Crippen LogP contribution in [-0.4, -0.2) is 125 Å². The smallest absolute Gasteiger partial charge is 0.407 e. The number of carboxylic acids is 1. The van der Waals surface area contributed by atoms with Crippen molar-refractivity contribution in [1.29, 1.82) is 0 Å². The number of nitrogens with zero attached hydrogens (tertiary/aromatic N) is 3. The van der Waals surface area contributed by atoms with Crippen LogP contribution in [0.4, 0.5) is 24.5 Å². The first-order chi connectivity index (χ1) is 40.3. The van der Waals surface area contributed by atoms with Gasteiger partial charge >= 0.3 is 12.1 Å². The lowest BCUT2D eigenvalue weighted by Gasteiger charge is -2.35. The number of phenols is 1. The molecule has 23 heteroatoms. The molecule has 4 amide bonds. The number of aliphatic hydroxyl groups is 1. The van der Waals surface area contributed by atoms with E-state index in [1.54, 1.807) is 74.0 Å². The predicted octanol–water partition coefficient (Wildman–Crippen LogP) is 9.96. The number of β-amino-alcohol motifs (C(OH)–C–C–N with tert-alkyl or cyclic N) is 1. The van der Waals surface area contributed by atoms with Gasteiger partial charge in [0.25, 0.3) is 0 Å². The molecule has 2 bridgehead atoms. The van der Waals surface area contributed by atoms with Crippen molar-refractivity contribution in [3.8, 4) is 21.9 Å². The van der Waals surface area contributed by atoms with Crippen molar-refractivity contribution in [2.24, 2.45) is 5.41 Å². The lowest BCUT2D eigenvalue weighted by molar-refractivity contribution is -0.144. The molecule has 8 rings (SSSR count). The molecule has 85 heavy (non-hydrogen) atoms. The SMILES string of the molecule is Cc1ncsc1-c1ccc([C@@H](C)NC(=O)[C@@H]2C[C@@H](O)CN2C(=O)[C@@H](NC(=O)CCCCOc2ccc(N(CC(F)(F)F)S(=O)(=O)C3C[C@H]4O[C@@H]3C(c3ccc(NC(=O)CCCCCCC(=O)O)cc3)=C4c3ccc(O)cc3)cc2)C(C)(C)C)cc1. The number of alkyl halides is 3. The number of benzene rings is 4. The molecule has 18 nitrogen and oxygen atoms in total. The summed E-state index contributed by atoms with van der Waals surface area (Å²) < 4.78 is 85.2. The van der Waals surface area contributed by atoms with Crippen LogP contribution in [0.1, 0.15) is 127 Å². The second-order valence-electron chi connectivity index (χ2n) is 23.0. The highest BCUT2D eigenvalue weighted by Crippen LogP contribution is 2.52. The van der Waals surface area contributed by atoms with E-state index in [-0.39, 0.29) is 68.3 Å². The van der Waals surface area contributed by atoms with E-state index in [1.165, 1.54) is 41.3 Å². The van der Waals surface area contributed by atoms with Crippen LogP contribution in [0.3, 0.4) is 0 Å². The quantitative estimate of drug-likeness (QED) is 0.0282. The summed E-state index contributed by atoms with van der Waals surface area (Å²) in [4.78, 5) is 71.6. The molecular formula is C62H73F3N6O12S2. The number of rotatable bonds is 26. The number of likely N-dealkylation sites (tertiary alicyclic amines) is 1. The summed E-state index contributed by atoms with van der Waals surface area (Å²) in [5.41, 5.74) is 6.17. The van der Waals surface area contributed by atoms with Crippen LogP contribution in [0.2, 0.25) is 0 Å². The van der Waals surface area contributed by atoms with E-state index in [0.29, 0.717) is 70.8 Å². The molecule has 0 aliphatic carbocycles. The number of aliphatic carboxylic acids is 1. The van der Waals surface area contributed by atoms with Crippen LogP contribution >= 0.6 is 11.3 Å². The molecule has 456 valence electrons. The van der Waals surface area contributed by atoms with Gasteiger partial charge in [0.05, 0.1) is 46.6 Å². The molecule has 0 radical (unpaired) electrons. The third-order valence-corrected chi connectivity index (χ3v) is 18.6. The Hall–Kier alpha value is -7.34. The van der Waals surface area contributed by atoms with E-state index in [1.807, 2.05) is 38.1 Å². The largest absolute Gasteiger partial charge is 0.508 e. The number of unbranched alkanes of at least 4 members (excludes halogenated alkanes) is 4. The number of hydrogen-bond acceptors (Lipinski definition) is 13. The molecule has 0 spiro atoms. The predicted molar refractivity (Wildman–Crippen MR) is 317 cm³/mol. The number of nitrogens with one attached hydrogen (secondary N) is 3. The highest BCUT2D eigenvalue weighted by molar-refractivity contribution is 7.93. The monoisotopic (exact) mass is 1210 g/mol. The number of aromatic hydroxyl groups is 1. The Kier molecular flexibility index (Phi) is 20.5. The highest BCUT2D eigenvalue weighted by atomic mass is 32.2. The number of aromatic nitrogens is 1. The maximum atomic E-state index is 14.7. The molecule has 1 unspecified atom stereocenters. The van der Waals surface area contributed by atoms with Crippen LogP contribution in [0, 0.1) is 12.3 Å². The van der Waals surface area contributed by atoms with Crippen molar-refractivity contribution < 1.29 is 70.4 Å². The van der Waals surface area contributed by atoms with E-state index in [9.17, 15) is 55.8 Å². The van der Waals surface area contributed by atoms with Crippen LogP contribution < -0.4 is 25.0 Å². The second kappa shape index (κ2) is 27.4. The number of ether oxygens (including phenoxy) is 2. The van der Waals surface area contributed by atoms with Gasteiger partial charge < -0.3 is 45.6 Å². The van der Waals surface area contributed by atoms with E-state index in [0.717, 1.165) is 21.7 Å². The van der Waals surface area contributed by atoms with Gasteiger partial charge in [0.15, 0.2) is 0 Å². The van der Waals surface area contributed by atoms with E-state index in [4.69, 9.17) is 14.6 Å². The zero-order chi connectivity index (χ0) is 61.4. The summed E-state index contributed by atoms with van der Waals surface area (Å²) in [5.74, 6) is -2.26. The number of thiazole rings is 1. The summed E-state index contributed by atoms with van der Waals surface area (Å²) in [7, 11) is -4.82. The molecule has 6 N–H and O–H groups in total. The van der Waals surface area contributed by atoms with Gasteiger partial charge in [-0.25, -0.2) is 13.4 Å².